The molecule has 2 aromatic carbocycles. The van der Waals surface area contributed by atoms with Gasteiger partial charge in [-0.2, -0.15) is 0 Å². The van der Waals surface area contributed by atoms with E-state index < -0.39 is 47.1 Å². The summed E-state index contributed by atoms with van der Waals surface area (Å²) < 4.78 is 39.1. The van der Waals surface area contributed by atoms with E-state index in [2.05, 4.69) is 4.99 Å². The highest BCUT2D eigenvalue weighted by Crippen LogP contribution is 2.33. The summed E-state index contributed by atoms with van der Waals surface area (Å²) in [7, 11) is 1.06. The number of aliphatic imine (C=N–C) groups is 1. The van der Waals surface area contributed by atoms with Crippen LogP contribution in [0, 0.1) is 11.8 Å². The molecular weight excluding hydrogens is 456 g/mol. The van der Waals surface area contributed by atoms with Gasteiger partial charge in [0.25, 0.3) is 0 Å². The van der Waals surface area contributed by atoms with Crippen LogP contribution in [0.3, 0.4) is 0 Å². The molecule has 0 amide bonds. The van der Waals surface area contributed by atoms with Crippen molar-refractivity contribution in [1.82, 2.24) is 0 Å². The van der Waals surface area contributed by atoms with Crippen LogP contribution < -0.4 is 0 Å². The van der Waals surface area contributed by atoms with Crippen LogP contribution in [0.5, 0.6) is 0 Å². The number of esters is 2. The van der Waals surface area contributed by atoms with E-state index in [-0.39, 0.29) is 6.42 Å². The summed E-state index contributed by atoms with van der Waals surface area (Å²) in [6.07, 6.45) is -2.18. The molecule has 6 nitrogen and oxygen atoms in total. The molecule has 35 heavy (non-hydrogen) atoms. The molecule has 2 aromatic rings. The van der Waals surface area contributed by atoms with E-state index in [1.165, 1.54) is 6.21 Å². The molecule has 0 aliphatic rings. The van der Waals surface area contributed by atoms with E-state index >= 15 is 0 Å². The van der Waals surface area contributed by atoms with Gasteiger partial charge in [0.2, 0.25) is 12.0 Å². The van der Waals surface area contributed by atoms with Crippen LogP contribution in [-0.2, 0) is 30.3 Å². The van der Waals surface area contributed by atoms with Gasteiger partial charge in [-0.25, -0.2) is 13.6 Å². The van der Waals surface area contributed by atoms with Gasteiger partial charge in [-0.1, -0.05) is 60.7 Å². The summed E-state index contributed by atoms with van der Waals surface area (Å²) >= 11 is 0. The Labute approximate surface area is 204 Å². The van der Waals surface area contributed by atoms with Crippen LogP contribution in [-0.4, -0.2) is 48.6 Å². The molecule has 0 heterocycles. The Morgan fingerprint density at radius 3 is 1.97 bits per heavy atom. The summed E-state index contributed by atoms with van der Waals surface area (Å²) in [5, 5.41) is 0. The number of carbonyl (C=O) groups excluding carboxylic acids is 3. The lowest BCUT2D eigenvalue weighted by Gasteiger charge is -2.32. The smallest absolute Gasteiger partial charge is 0.342 e. The molecule has 0 aromatic heterocycles. The third-order valence-corrected chi connectivity index (χ3v) is 5.36. The maximum atomic E-state index is 14.5. The van der Waals surface area contributed by atoms with E-state index in [0.29, 0.717) is 11.1 Å². The predicted octanol–water partition coefficient (Wildman–Crippen LogP) is 4.69. The fourth-order valence-electron chi connectivity index (χ4n) is 3.51. The Kier molecular flexibility index (Phi) is 9.40. The van der Waals surface area contributed by atoms with Crippen molar-refractivity contribution < 1.29 is 32.6 Å². The van der Waals surface area contributed by atoms with Crippen LogP contribution in [0.4, 0.5) is 8.78 Å². The van der Waals surface area contributed by atoms with Crippen molar-refractivity contribution in [1.29, 1.82) is 0 Å². The Morgan fingerprint density at radius 1 is 0.943 bits per heavy atom. The number of halogens is 2. The molecule has 0 spiro atoms. The van der Waals surface area contributed by atoms with E-state index in [9.17, 15) is 23.2 Å². The largest absolute Gasteiger partial charge is 0.469 e. The van der Waals surface area contributed by atoms with E-state index in [0.717, 1.165) is 14.0 Å². The molecule has 2 rings (SSSR count). The fraction of sp³-hybridized carbons (Fsp3) is 0.407. The van der Waals surface area contributed by atoms with Crippen molar-refractivity contribution >= 4 is 23.9 Å². The first-order valence-electron chi connectivity index (χ1n) is 11.2. The molecule has 0 fully saturated rings. The van der Waals surface area contributed by atoms with Gasteiger partial charge in [-0.15, -0.1) is 0 Å². The molecule has 3 unspecified atom stereocenters. The number of ether oxygens (including phenoxy) is 2. The Bertz CT molecular complexity index is 1030. The SMILES string of the molecule is COC(=O)C(Cc1ccccc1)C(C(=O)C(C)(N=Cc1ccccc1)C(=O)OC(C)(C)C)C(F)F. The topological polar surface area (TPSA) is 82.0 Å². The third kappa shape index (κ3) is 7.53. The van der Waals surface area contributed by atoms with E-state index in [4.69, 9.17) is 9.47 Å². The van der Waals surface area contributed by atoms with Gasteiger partial charge in [-0.05, 0) is 45.2 Å². The first-order chi connectivity index (χ1) is 16.4. The second kappa shape index (κ2) is 11.8. The minimum Gasteiger partial charge on any atom is -0.469 e. The maximum absolute atomic E-state index is 14.5. The Hall–Kier alpha value is -3.42. The number of nitrogens with zero attached hydrogens (tertiary/aromatic N) is 1. The minimum atomic E-state index is -3.26. The number of rotatable bonds is 10. The van der Waals surface area contributed by atoms with Gasteiger partial charge in [0.1, 0.15) is 5.60 Å². The highest BCUT2D eigenvalue weighted by Gasteiger charge is 2.53. The number of hydrogen-bond donors (Lipinski definition) is 0. The fourth-order valence-corrected chi connectivity index (χ4v) is 3.51. The van der Waals surface area contributed by atoms with Crippen molar-refractivity contribution in [3.8, 4) is 0 Å². The van der Waals surface area contributed by atoms with Crippen LogP contribution in [0.2, 0.25) is 0 Å². The van der Waals surface area contributed by atoms with Gasteiger partial charge in [-0.3, -0.25) is 14.6 Å². The summed E-state index contributed by atoms with van der Waals surface area (Å²) in [4.78, 5) is 43.6. The summed E-state index contributed by atoms with van der Waals surface area (Å²) in [5.41, 5.74) is -2.22. The molecule has 8 heteroatoms. The molecular formula is C27H31F2NO5. The number of Topliss-reactive ketones (excluding diaryl/α,β-unsaturated/α-hetero) is 1. The Balaban J connectivity index is 2.57. The number of methoxy groups -OCH3 is 1. The quantitative estimate of drug-likeness (QED) is 0.276. The molecule has 0 saturated heterocycles. The summed E-state index contributed by atoms with van der Waals surface area (Å²) in [5.74, 6) is -6.99. The number of carbonyl (C=O) groups is 3. The van der Waals surface area contributed by atoms with Gasteiger partial charge in [0, 0.05) is 6.21 Å². The van der Waals surface area contributed by atoms with Crippen LogP contribution in [0.15, 0.2) is 65.7 Å². The minimum absolute atomic E-state index is 0.180. The zero-order valence-corrected chi connectivity index (χ0v) is 20.5. The highest BCUT2D eigenvalue weighted by molar-refractivity contribution is 6.11. The number of benzene rings is 2. The number of hydrogen-bond acceptors (Lipinski definition) is 6. The zero-order valence-electron chi connectivity index (χ0n) is 20.5. The Morgan fingerprint density at radius 2 is 1.49 bits per heavy atom. The molecule has 3 atom stereocenters. The van der Waals surface area contributed by atoms with Gasteiger partial charge in [0.15, 0.2) is 5.78 Å². The van der Waals surface area contributed by atoms with Crippen LogP contribution >= 0.6 is 0 Å². The van der Waals surface area contributed by atoms with Crippen LogP contribution in [0.1, 0.15) is 38.8 Å². The van der Waals surface area contributed by atoms with Crippen molar-refractivity contribution in [2.75, 3.05) is 7.11 Å². The zero-order chi connectivity index (χ0) is 26.2. The lowest BCUT2D eigenvalue weighted by Crippen LogP contribution is -2.53. The molecule has 0 aliphatic carbocycles. The third-order valence-electron chi connectivity index (χ3n) is 5.36. The van der Waals surface area contributed by atoms with Crippen molar-refractivity contribution in [3.05, 3.63) is 71.8 Å². The molecule has 0 radical (unpaired) electrons. The second-order valence-electron chi connectivity index (χ2n) is 9.29. The molecule has 188 valence electrons. The number of alkyl halides is 2. The normalized spacial score (nSPS) is 15.3. The summed E-state index contributed by atoms with van der Waals surface area (Å²) in [6.45, 7) is 5.91. The summed E-state index contributed by atoms with van der Waals surface area (Å²) in [6, 6.07) is 17.0. The average Bonchev–Trinajstić information content (AvgIpc) is 2.81. The lowest BCUT2D eigenvalue weighted by molar-refractivity contribution is -0.167. The molecule has 0 saturated carbocycles. The van der Waals surface area contributed by atoms with Crippen molar-refractivity contribution in [2.45, 2.75) is 51.7 Å². The number of ketones is 1. The maximum Gasteiger partial charge on any atom is 0.342 e. The lowest BCUT2D eigenvalue weighted by atomic mass is 9.77. The van der Waals surface area contributed by atoms with E-state index in [1.54, 1.807) is 81.4 Å². The van der Waals surface area contributed by atoms with Crippen LogP contribution in [0.25, 0.3) is 0 Å². The molecule has 0 bridgehead atoms. The monoisotopic (exact) mass is 487 g/mol. The highest BCUT2D eigenvalue weighted by atomic mass is 19.3. The molecule has 0 N–H and O–H groups in total. The van der Waals surface area contributed by atoms with Crippen molar-refractivity contribution in [2.24, 2.45) is 16.8 Å². The van der Waals surface area contributed by atoms with E-state index in [1.807, 2.05) is 0 Å². The van der Waals surface area contributed by atoms with Gasteiger partial charge in [0.05, 0.1) is 18.9 Å². The first-order valence-corrected chi connectivity index (χ1v) is 11.2. The standard InChI is InChI=1S/C27H31F2NO5/c1-26(2,3)35-25(33)27(4,30-17-19-14-10-7-11-15-19)22(31)21(23(28)29)20(24(32)34-5)16-18-12-8-6-9-13-18/h6-15,17,20-21,23H,16H2,1-5H3. The average molecular weight is 488 g/mol. The van der Waals surface area contributed by atoms with Crippen molar-refractivity contribution in [3.63, 3.8) is 0 Å². The second-order valence-corrected chi connectivity index (χ2v) is 9.29. The van der Waals surface area contributed by atoms with Gasteiger partial charge < -0.3 is 9.47 Å². The predicted molar refractivity (Wildman–Crippen MR) is 128 cm³/mol. The molecule has 0 aliphatic heterocycles. The first kappa shape index (κ1) is 27.8. The van der Waals surface area contributed by atoms with Gasteiger partial charge >= 0.3 is 11.9 Å².